The molecule has 2 heteroatoms. The highest BCUT2D eigenvalue weighted by molar-refractivity contribution is 5.14. The summed E-state index contributed by atoms with van der Waals surface area (Å²) in [6, 6.07) is 11.4. The maximum Gasteiger partial charge on any atom is 0.0234 e. The summed E-state index contributed by atoms with van der Waals surface area (Å²) in [6.07, 6.45) is 1.27. The number of likely N-dealkylation sites (tertiary alicyclic amines) is 1. The van der Waals surface area contributed by atoms with Crippen molar-refractivity contribution in [1.29, 1.82) is 0 Å². The second kappa shape index (κ2) is 5.19. The summed E-state index contributed by atoms with van der Waals surface area (Å²) in [5.41, 5.74) is 1.65. The Morgan fingerprint density at radius 3 is 2.59 bits per heavy atom. The van der Waals surface area contributed by atoms with Crippen LogP contribution in [0.4, 0.5) is 0 Å². The van der Waals surface area contributed by atoms with Crippen LogP contribution in [0.2, 0.25) is 0 Å². The Balaban J connectivity index is 1.82. The van der Waals surface area contributed by atoms with Crippen molar-refractivity contribution in [3.05, 3.63) is 35.9 Å². The average Bonchev–Trinajstić information content (AvgIpc) is 2.64. The van der Waals surface area contributed by atoms with Crippen LogP contribution in [-0.4, -0.2) is 29.6 Å². The third kappa shape index (κ3) is 4.14. The minimum atomic E-state index is 0.230. The first-order valence-corrected chi connectivity index (χ1v) is 6.57. The molecule has 1 heterocycles. The van der Waals surface area contributed by atoms with Crippen molar-refractivity contribution >= 4 is 0 Å². The lowest BCUT2D eigenvalue weighted by Crippen LogP contribution is -2.44. The number of nitrogens with one attached hydrogen (secondary N) is 1. The number of rotatable bonds is 3. The minimum absolute atomic E-state index is 0.230. The SMILES string of the molecule is CC(C)(C)NC1CCN(Cc2ccccc2)C1. The van der Waals surface area contributed by atoms with Gasteiger partial charge in [0.1, 0.15) is 0 Å². The Labute approximate surface area is 105 Å². The molecule has 0 radical (unpaired) electrons. The van der Waals surface area contributed by atoms with E-state index in [1.807, 2.05) is 0 Å². The van der Waals surface area contributed by atoms with Crippen LogP contribution in [0.15, 0.2) is 30.3 Å². The summed E-state index contributed by atoms with van der Waals surface area (Å²) < 4.78 is 0. The lowest BCUT2D eigenvalue weighted by Gasteiger charge is -2.26. The van der Waals surface area contributed by atoms with E-state index in [-0.39, 0.29) is 5.54 Å². The van der Waals surface area contributed by atoms with Gasteiger partial charge in [-0.1, -0.05) is 30.3 Å². The zero-order valence-corrected chi connectivity index (χ0v) is 11.2. The molecule has 2 nitrogen and oxygen atoms in total. The first kappa shape index (κ1) is 12.6. The molecule has 1 fully saturated rings. The predicted molar refractivity (Wildman–Crippen MR) is 73.0 cm³/mol. The van der Waals surface area contributed by atoms with Gasteiger partial charge in [0.25, 0.3) is 0 Å². The molecule has 1 aliphatic heterocycles. The molecule has 17 heavy (non-hydrogen) atoms. The summed E-state index contributed by atoms with van der Waals surface area (Å²) in [7, 11) is 0. The van der Waals surface area contributed by atoms with Gasteiger partial charge in [-0.3, -0.25) is 4.90 Å². The van der Waals surface area contributed by atoms with E-state index < -0.39 is 0 Å². The molecule has 0 spiro atoms. The van der Waals surface area contributed by atoms with Crippen molar-refractivity contribution in [1.82, 2.24) is 10.2 Å². The van der Waals surface area contributed by atoms with E-state index in [4.69, 9.17) is 0 Å². The normalized spacial score (nSPS) is 21.9. The van der Waals surface area contributed by atoms with E-state index in [0.29, 0.717) is 6.04 Å². The maximum atomic E-state index is 3.69. The molecule has 0 amide bonds. The van der Waals surface area contributed by atoms with Crippen LogP contribution >= 0.6 is 0 Å². The molecule has 1 unspecified atom stereocenters. The van der Waals surface area contributed by atoms with E-state index in [0.717, 1.165) is 6.54 Å². The van der Waals surface area contributed by atoms with E-state index in [9.17, 15) is 0 Å². The molecule has 2 rings (SSSR count). The monoisotopic (exact) mass is 232 g/mol. The van der Waals surface area contributed by atoms with E-state index in [1.165, 1.54) is 25.1 Å². The molecule has 0 bridgehead atoms. The fourth-order valence-corrected chi connectivity index (χ4v) is 2.55. The van der Waals surface area contributed by atoms with Crippen molar-refractivity contribution in [2.75, 3.05) is 13.1 Å². The second-order valence-corrected chi connectivity index (χ2v) is 6.10. The van der Waals surface area contributed by atoms with E-state index in [2.05, 4.69) is 61.3 Å². The molecule has 1 N–H and O–H groups in total. The van der Waals surface area contributed by atoms with Crippen LogP contribution in [0.1, 0.15) is 32.8 Å². The zero-order chi connectivity index (χ0) is 12.3. The summed E-state index contributed by atoms with van der Waals surface area (Å²) in [5, 5.41) is 3.69. The van der Waals surface area contributed by atoms with Gasteiger partial charge < -0.3 is 5.32 Å². The van der Waals surface area contributed by atoms with Crippen LogP contribution < -0.4 is 5.32 Å². The molecule has 1 aromatic carbocycles. The van der Waals surface area contributed by atoms with Crippen molar-refractivity contribution in [2.45, 2.75) is 45.3 Å². The molecule has 94 valence electrons. The molecule has 1 aromatic rings. The van der Waals surface area contributed by atoms with E-state index >= 15 is 0 Å². The quantitative estimate of drug-likeness (QED) is 0.862. The van der Waals surface area contributed by atoms with Gasteiger partial charge in [0.05, 0.1) is 0 Å². The summed E-state index contributed by atoms with van der Waals surface area (Å²) in [4.78, 5) is 2.54. The number of hydrogen-bond donors (Lipinski definition) is 1. The number of benzene rings is 1. The van der Waals surface area contributed by atoms with Crippen LogP contribution in [-0.2, 0) is 6.54 Å². The van der Waals surface area contributed by atoms with E-state index in [1.54, 1.807) is 0 Å². The lowest BCUT2D eigenvalue weighted by molar-refractivity contribution is 0.301. The van der Waals surface area contributed by atoms with Crippen molar-refractivity contribution in [3.63, 3.8) is 0 Å². The number of hydrogen-bond acceptors (Lipinski definition) is 2. The Morgan fingerprint density at radius 2 is 1.94 bits per heavy atom. The predicted octanol–water partition coefficient (Wildman–Crippen LogP) is 2.65. The average molecular weight is 232 g/mol. The smallest absolute Gasteiger partial charge is 0.0234 e. The first-order valence-electron chi connectivity index (χ1n) is 6.57. The van der Waals surface area contributed by atoms with Gasteiger partial charge in [-0.05, 0) is 32.8 Å². The summed E-state index contributed by atoms with van der Waals surface area (Å²) >= 11 is 0. The molecule has 1 aliphatic rings. The topological polar surface area (TPSA) is 15.3 Å². The lowest BCUT2D eigenvalue weighted by atomic mass is 10.1. The molecule has 1 atom stereocenters. The highest BCUT2D eigenvalue weighted by atomic mass is 15.2. The molecular formula is C15H24N2. The summed E-state index contributed by atoms with van der Waals surface area (Å²) in [6.45, 7) is 10.2. The van der Waals surface area contributed by atoms with Gasteiger partial charge in [-0.2, -0.15) is 0 Å². The molecular weight excluding hydrogens is 208 g/mol. The highest BCUT2D eigenvalue weighted by Gasteiger charge is 2.25. The van der Waals surface area contributed by atoms with Crippen LogP contribution in [0, 0.1) is 0 Å². The Morgan fingerprint density at radius 1 is 1.24 bits per heavy atom. The van der Waals surface area contributed by atoms with Gasteiger partial charge in [-0.25, -0.2) is 0 Å². The van der Waals surface area contributed by atoms with Gasteiger partial charge >= 0.3 is 0 Å². The van der Waals surface area contributed by atoms with Crippen molar-refractivity contribution in [2.24, 2.45) is 0 Å². The largest absolute Gasteiger partial charge is 0.308 e. The highest BCUT2D eigenvalue weighted by Crippen LogP contribution is 2.15. The van der Waals surface area contributed by atoms with Gasteiger partial charge in [0.2, 0.25) is 0 Å². The Hall–Kier alpha value is -0.860. The maximum absolute atomic E-state index is 3.69. The first-order chi connectivity index (χ1) is 8.03. The molecule has 1 saturated heterocycles. The van der Waals surface area contributed by atoms with Crippen LogP contribution in [0.3, 0.4) is 0 Å². The Kier molecular flexibility index (Phi) is 3.85. The van der Waals surface area contributed by atoms with Gasteiger partial charge in [0.15, 0.2) is 0 Å². The van der Waals surface area contributed by atoms with Gasteiger partial charge in [-0.15, -0.1) is 0 Å². The number of nitrogens with zero attached hydrogens (tertiary/aromatic N) is 1. The third-order valence-corrected chi connectivity index (χ3v) is 3.16. The van der Waals surface area contributed by atoms with Crippen molar-refractivity contribution in [3.8, 4) is 0 Å². The molecule has 0 aromatic heterocycles. The minimum Gasteiger partial charge on any atom is -0.308 e. The Bertz CT molecular complexity index is 340. The third-order valence-electron chi connectivity index (χ3n) is 3.16. The van der Waals surface area contributed by atoms with Gasteiger partial charge in [0, 0.05) is 31.2 Å². The fourth-order valence-electron chi connectivity index (χ4n) is 2.55. The standard InChI is InChI=1S/C15H24N2/c1-15(2,3)16-14-9-10-17(12-14)11-13-7-5-4-6-8-13/h4-8,14,16H,9-12H2,1-3H3. The van der Waals surface area contributed by atoms with Crippen molar-refractivity contribution < 1.29 is 0 Å². The molecule has 0 saturated carbocycles. The van der Waals surface area contributed by atoms with Crippen LogP contribution in [0.5, 0.6) is 0 Å². The van der Waals surface area contributed by atoms with Crippen LogP contribution in [0.25, 0.3) is 0 Å². The summed E-state index contributed by atoms with van der Waals surface area (Å²) in [5.74, 6) is 0. The molecule has 0 aliphatic carbocycles. The fraction of sp³-hybridized carbons (Fsp3) is 0.600. The zero-order valence-electron chi connectivity index (χ0n) is 11.2. The second-order valence-electron chi connectivity index (χ2n) is 6.10.